The molecule has 3 aromatic carbocycles. The van der Waals surface area contributed by atoms with Crippen molar-refractivity contribution in [2.45, 2.75) is 64.2 Å². The summed E-state index contributed by atoms with van der Waals surface area (Å²) in [6.45, 7) is 4.74. The van der Waals surface area contributed by atoms with Gasteiger partial charge in [0, 0.05) is 25.9 Å². The Balaban J connectivity index is 1.41. The minimum absolute atomic E-state index is 0.133. The van der Waals surface area contributed by atoms with Gasteiger partial charge in [-0.15, -0.1) is 0 Å². The van der Waals surface area contributed by atoms with Gasteiger partial charge < -0.3 is 20.2 Å². The van der Waals surface area contributed by atoms with Crippen LogP contribution in [0.3, 0.4) is 0 Å². The molecule has 0 aromatic heterocycles. The second kappa shape index (κ2) is 11.3. The molecular formula is C32H35N3O4. The van der Waals surface area contributed by atoms with Gasteiger partial charge in [-0.25, -0.2) is 0 Å². The summed E-state index contributed by atoms with van der Waals surface area (Å²) in [5.74, 6) is -0.443. The highest BCUT2D eigenvalue weighted by Crippen LogP contribution is 2.32. The van der Waals surface area contributed by atoms with E-state index in [0.717, 1.165) is 22.3 Å². The van der Waals surface area contributed by atoms with Crippen LogP contribution in [0.2, 0.25) is 0 Å². The Kier molecular flexibility index (Phi) is 7.68. The number of hydrogen-bond acceptors (Lipinski definition) is 4. The highest BCUT2D eigenvalue weighted by atomic mass is 16.3. The summed E-state index contributed by atoms with van der Waals surface area (Å²) in [6, 6.07) is 20.6. The third-order valence-electron chi connectivity index (χ3n) is 7.92. The predicted molar refractivity (Wildman–Crippen MR) is 149 cm³/mol. The molecule has 202 valence electrons. The Labute approximate surface area is 229 Å². The summed E-state index contributed by atoms with van der Waals surface area (Å²) in [7, 11) is 0. The fourth-order valence-electron chi connectivity index (χ4n) is 5.73. The van der Waals surface area contributed by atoms with Crippen molar-refractivity contribution in [3.05, 3.63) is 101 Å². The molecular weight excluding hydrogens is 490 g/mol. The van der Waals surface area contributed by atoms with Crippen LogP contribution < -0.4 is 5.32 Å². The van der Waals surface area contributed by atoms with Crippen LogP contribution in [0.4, 0.5) is 0 Å². The smallest absolute Gasteiger partial charge is 0.247 e. The van der Waals surface area contributed by atoms with E-state index in [1.54, 1.807) is 34.1 Å². The first-order valence-electron chi connectivity index (χ1n) is 13.7. The van der Waals surface area contributed by atoms with Crippen LogP contribution in [0.15, 0.2) is 72.8 Å². The molecule has 39 heavy (non-hydrogen) atoms. The van der Waals surface area contributed by atoms with Gasteiger partial charge in [0.1, 0.15) is 23.9 Å². The molecule has 2 aliphatic heterocycles. The van der Waals surface area contributed by atoms with E-state index in [-0.39, 0.29) is 29.9 Å². The minimum Gasteiger partial charge on any atom is -0.508 e. The number of piperazine rings is 1. The number of rotatable bonds is 8. The van der Waals surface area contributed by atoms with E-state index in [9.17, 15) is 19.5 Å². The maximum atomic E-state index is 14.1. The lowest BCUT2D eigenvalue weighted by molar-refractivity contribution is -0.167. The lowest BCUT2D eigenvalue weighted by atomic mass is 9.87. The largest absolute Gasteiger partial charge is 0.508 e. The van der Waals surface area contributed by atoms with Crippen molar-refractivity contribution in [3.8, 4) is 5.75 Å². The Morgan fingerprint density at radius 1 is 0.949 bits per heavy atom. The van der Waals surface area contributed by atoms with Crippen molar-refractivity contribution in [1.29, 1.82) is 0 Å². The van der Waals surface area contributed by atoms with Crippen LogP contribution in [-0.2, 0) is 40.2 Å². The van der Waals surface area contributed by atoms with Crippen molar-refractivity contribution >= 4 is 17.7 Å². The van der Waals surface area contributed by atoms with E-state index in [1.165, 1.54) is 5.56 Å². The molecule has 7 heteroatoms. The molecule has 7 nitrogen and oxygen atoms in total. The second-order valence-electron chi connectivity index (χ2n) is 10.5. The summed E-state index contributed by atoms with van der Waals surface area (Å²) in [4.78, 5) is 44.9. The Hall–Kier alpha value is -4.13. The first-order chi connectivity index (χ1) is 18.9. The molecule has 1 saturated heterocycles. The summed E-state index contributed by atoms with van der Waals surface area (Å²) in [6.07, 6.45) is 1.78. The van der Waals surface area contributed by atoms with Crippen molar-refractivity contribution in [2.24, 2.45) is 0 Å². The molecule has 2 heterocycles. The highest BCUT2D eigenvalue weighted by molar-refractivity contribution is 6.00. The molecule has 3 atom stereocenters. The number of benzene rings is 3. The van der Waals surface area contributed by atoms with Gasteiger partial charge in [0.05, 0.1) is 0 Å². The van der Waals surface area contributed by atoms with E-state index < -0.39 is 18.1 Å². The monoisotopic (exact) mass is 525 g/mol. The van der Waals surface area contributed by atoms with Gasteiger partial charge >= 0.3 is 0 Å². The molecule has 5 rings (SSSR count). The Morgan fingerprint density at radius 3 is 2.31 bits per heavy atom. The van der Waals surface area contributed by atoms with Gasteiger partial charge in [-0.2, -0.15) is 0 Å². The van der Waals surface area contributed by atoms with E-state index in [0.29, 0.717) is 32.4 Å². The normalized spacial score (nSPS) is 19.3. The van der Waals surface area contributed by atoms with Crippen LogP contribution in [0.1, 0.15) is 41.2 Å². The van der Waals surface area contributed by atoms with Gasteiger partial charge in [-0.1, -0.05) is 73.2 Å². The number of amides is 3. The number of nitrogens with one attached hydrogen (secondary N) is 1. The van der Waals surface area contributed by atoms with E-state index in [4.69, 9.17) is 0 Å². The van der Waals surface area contributed by atoms with Crippen molar-refractivity contribution in [3.63, 3.8) is 0 Å². The number of carbonyl (C=O) groups is 3. The lowest BCUT2D eigenvalue weighted by Gasteiger charge is -2.49. The first-order valence-corrected chi connectivity index (χ1v) is 13.7. The van der Waals surface area contributed by atoms with Gasteiger partial charge in [0.25, 0.3) is 0 Å². The Bertz CT molecular complexity index is 1350. The number of hydrogen-bond donors (Lipinski definition) is 2. The quantitative estimate of drug-likeness (QED) is 0.471. The van der Waals surface area contributed by atoms with Crippen LogP contribution >= 0.6 is 0 Å². The number of phenols is 1. The van der Waals surface area contributed by atoms with E-state index in [1.807, 2.05) is 50.2 Å². The van der Waals surface area contributed by atoms with Gasteiger partial charge in [0.15, 0.2) is 0 Å². The topological polar surface area (TPSA) is 90.0 Å². The standard InChI is InChI=1S/C32H35N3O4/c1-3-27(30(37)33-17-16-22-10-8-21(2)9-11-22)35-29(18-23-12-14-26(36)15-13-23)31(38)34-20-25-7-5-4-6-24(25)19-28(34)32(35)39/h4-15,27-29,36H,3,16-20H2,1-2H3,(H,33,37)/t27?,28-,29-/m0/s1. The minimum atomic E-state index is -0.809. The maximum absolute atomic E-state index is 14.1. The molecule has 0 saturated carbocycles. The van der Waals surface area contributed by atoms with E-state index >= 15 is 0 Å². The average molecular weight is 526 g/mol. The number of nitrogens with zero attached hydrogens (tertiary/aromatic N) is 2. The molecule has 2 aliphatic rings. The number of aryl methyl sites for hydroxylation is 1. The number of aromatic hydroxyl groups is 1. The van der Waals surface area contributed by atoms with Crippen molar-refractivity contribution in [1.82, 2.24) is 15.1 Å². The third-order valence-corrected chi connectivity index (χ3v) is 7.92. The summed E-state index contributed by atoms with van der Waals surface area (Å²) < 4.78 is 0. The summed E-state index contributed by atoms with van der Waals surface area (Å²) in [5.41, 5.74) is 5.23. The predicted octanol–water partition coefficient (Wildman–Crippen LogP) is 3.54. The molecule has 3 amide bonds. The molecule has 0 bridgehead atoms. The van der Waals surface area contributed by atoms with Crippen molar-refractivity contribution < 1.29 is 19.5 Å². The zero-order valence-electron chi connectivity index (χ0n) is 22.5. The average Bonchev–Trinajstić information content (AvgIpc) is 2.95. The molecule has 0 radical (unpaired) electrons. The van der Waals surface area contributed by atoms with Gasteiger partial charge in [-0.3, -0.25) is 14.4 Å². The molecule has 0 spiro atoms. The molecule has 1 unspecified atom stereocenters. The zero-order chi connectivity index (χ0) is 27.5. The van der Waals surface area contributed by atoms with Crippen LogP contribution in [0.25, 0.3) is 0 Å². The third kappa shape index (κ3) is 5.53. The fourth-order valence-corrected chi connectivity index (χ4v) is 5.73. The zero-order valence-corrected chi connectivity index (χ0v) is 22.5. The number of phenolic OH excluding ortho intramolecular Hbond substituents is 1. The lowest BCUT2D eigenvalue weighted by Crippen LogP contribution is -2.70. The number of fused-ring (bicyclic) bond motifs is 2. The SMILES string of the molecule is CCC(C(=O)NCCc1ccc(C)cc1)N1C(=O)[C@@H]2Cc3ccccc3CN2C(=O)[C@@H]1Cc1ccc(O)cc1. The molecule has 1 fully saturated rings. The van der Waals surface area contributed by atoms with Crippen LogP contribution in [-0.4, -0.2) is 57.3 Å². The second-order valence-corrected chi connectivity index (χ2v) is 10.5. The van der Waals surface area contributed by atoms with Crippen LogP contribution in [0, 0.1) is 6.92 Å². The maximum Gasteiger partial charge on any atom is 0.247 e. The first kappa shape index (κ1) is 26.5. The number of carbonyl (C=O) groups excluding carboxylic acids is 3. The summed E-state index contributed by atoms with van der Waals surface area (Å²) in [5, 5.41) is 12.8. The molecule has 0 aliphatic carbocycles. The molecule has 3 aromatic rings. The van der Waals surface area contributed by atoms with Gasteiger partial charge in [-0.05, 0) is 54.2 Å². The van der Waals surface area contributed by atoms with Crippen molar-refractivity contribution in [2.75, 3.05) is 6.54 Å². The summed E-state index contributed by atoms with van der Waals surface area (Å²) >= 11 is 0. The van der Waals surface area contributed by atoms with Crippen LogP contribution in [0.5, 0.6) is 5.75 Å². The molecule has 2 N–H and O–H groups in total. The highest BCUT2D eigenvalue weighted by Gasteiger charge is 2.50. The van der Waals surface area contributed by atoms with Gasteiger partial charge in [0.2, 0.25) is 17.7 Å². The Morgan fingerprint density at radius 2 is 1.62 bits per heavy atom. The van der Waals surface area contributed by atoms with E-state index in [2.05, 4.69) is 17.4 Å². The fraction of sp³-hybridized carbons (Fsp3) is 0.344.